The Kier molecular flexibility index (Phi) is 4.51. The van der Waals surface area contributed by atoms with E-state index in [2.05, 4.69) is 0 Å². The minimum absolute atomic E-state index is 0.0889. The number of ketones is 1. The van der Waals surface area contributed by atoms with Crippen LogP contribution in [0.1, 0.15) is 51.2 Å². The lowest BCUT2D eigenvalue weighted by Crippen LogP contribution is -2.78. The predicted octanol–water partition coefficient (Wildman–Crippen LogP) is 2.06. The second-order valence-corrected chi connectivity index (χ2v) is 8.80. The molecule has 4 atom stereocenters. The third kappa shape index (κ3) is 2.50. The van der Waals surface area contributed by atoms with Gasteiger partial charge in [0.15, 0.2) is 23.4 Å². The van der Waals surface area contributed by atoms with Crippen LogP contribution in [0.25, 0.3) is 0 Å². The van der Waals surface area contributed by atoms with Crippen molar-refractivity contribution in [1.29, 1.82) is 0 Å². The van der Waals surface area contributed by atoms with Crippen molar-refractivity contribution in [3.8, 4) is 11.5 Å². The van der Waals surface area contributed by atoms with Crippen molar-refractivity contribution in [2.75, 3.05) is 13.2 Å². The summed E-state index contributed by atoms with van der Waals surface area (Å²) in [6, 6.07) is 2.98. The first-order valence-electron chi connectivity index (χ1n) is 10.9. The van der Waals surface area contributed by atoms with Gasteiger partial charge in [0.1, 0.15) is 5.60 Å². The molecule has 1 amide bonds. The van der Waals surface area contributed by atoms with Gasteiger partial charge in [-0.2, -0.15) is 0 Å². The number of carbonyl (C=O) groups is 4. The summed E-state index contributed by atoms with van der Waals surface area (Å²) in [7, 11) is 0. The maximum atomic E-state index is 13.1. The van der Waals surface area contributed by atoms with E-state index in [9.17, 15) is 19.2 Å². The molecule has 32 heavy (non-hydrogen) atoms. The molecule has 0 radical (unpaired) electrons. The normalized spacial score (nSPS) is 31.3. The van der Waals surface area contributed by atoms with Gasteiger partial charge in [0, 0.05) is 32.4 Å². The average Bonchev–Trinajstić information content (AvgIpc) is 3.07. The van der Waals surface area contributed by atoms with E-state index in [1.165, 1.54) is 13.8 Å². The van der Waals surface area contributed by atoms with Crippen LogP contribution in [0.3, 0.4) is 0 Å². The number of esters is 2. The number of likely N-dealkylation sites (tertiary alicyclic amines) is 1. The fraction of sp³-hybridized carbons (Fsp3) is 0.565. The molecule has 2 aliphatic heterocycles. The lowest BCUT2D eigenvalue weighted by atomic mass is 9.49. The van der Waals surface area contributed by atoms with E-state index in [0.29, 0.717) is 25.1 Å². The Morgan fingerprint density at radius 3 is 2.66 bits per heavy atom. The van der Waals surface area contributed by atoms with Gasteiger partial charge in [-0.15, -0.1) is 0 Å². The van der Waals surface area contributed by atoms with Crippen LogP contribution in [0.5, 0.6) is 11.5 Å². The molecule has 170 valence electrons. The van der Waals surface area contributed by atoms with Crippen molar-refractivity contribution in [3.63, 3.8) is 0 Å². The maximum Gasteiger partial charge on any atom is 0.410 e. The van der Waals surface area contributed by atoms with E-state index in [-0.39, 0.29) is 31.0 Å². The molecule has 1 aromatic carbocycles. The number of Topliss-reactive ketones (excluding diaryl/α,β-unsaturated/α-hetero) is 1. The smallest absolute Gasteiger partial charge is 0.410 e. The van der Waals surface area contributed by atoms with E-state index in [1.54, 1.807) is 17.9 Å². The highest BCUT2D eigenvalue weighted by Crippen LogP contribution is 2.66. The Morgan fingerprint density at radius 2 is 1.97 bits per heavy atom. The monoisotopic (exact) mass is 443 g/mol. The summed E-state index contributed by atoms with van der Waals surface area (Å²) in [6.45, 7) is 4.93. The molecule has 1 unspecified atom stereocenters. The topological polar surface area (TPSA) is 108 Å². The van der Waals surface area contributed by atoms with E-state index < -0.39 is 41.2 Å². The van der Waals surface area contributed by atoms with E-state index in [4.69, 9.17) is 18.9 Å². The first-order chi connectivity index (χ1) is 15.2. The Hall–Kier alpha value is -3.10. The summed E-state index contributed by atoms with van der Waals surface area (Å²) < 4.78 is 23.0. The first kappa shape index (κ1) is 20.8. The zero-order valence-corrected chi connectivity index (χ0v) is 18.3. The van der Waals surface area contributed by atoms with Gasteiger partial charge in [-0.25, -0.2) is 4.79 Å². The maximum absolute atomic E-state index is 13.1. The summed E-state index contributed by atoms with van der Waals surface area (Å²) in [4.78, 5) is 51.7. The minimum atomic E-state index is -1.14. The van der Waals surface area contributed by atoms with Gasteiger partial charge in [-0.05, 0) is 37.8 Å². The molecular weight excluding hydrogens is 418 g/mol. The lowest BCUT2D eigenvalue weighted by Gasteiger charge is -2.63. The van der Waals surface area contributed by atoms with Crippen LogP contribution in [-0.4, -0.2) is 59.6 Å². The summed E-state index contributed by atoms with van der Waals surface area (Å²) in [5.74, 6) is -0.468. The van der Waals surface area contributed by atoms with E-state index in [0.717, 1.165) is 11.1 Å². The van der Waals surface area contributed by atoms with Crippen LogP contribution in [-0.2, 0) is 35.7 Å². The Bertz CT molecular complexity index is 1050. The molecule has 1 saturated carbocycles. The average molecular weight is 443 g/mol. The largest absolute Gasteiger partial charge is 0.477 e. The van der Waals surface area contributed by atoms with Gasteiger partial charge in [0.2, 0.25) is 0 Å². The molecule has 1 aromatic rings. The van der Waals surface area contributed by atoms with E-state index >= 15 is 0 Å². The zero-order chi connectivity index (χ0) is 22.8. The molecule has 0 aromatic heterocycles. The highest BCUT2D eigenvalue weighted by Gasteiger charge is 2.76. The quantitative estimate of drug-likeness (QED) is 0.516. The number of carbonyl (C=O) groups excluding carboxylic acids is 4. The number of piperidine rings is 1. The molecule has 2 aliphatic carbocycles. The highest BCUT2D eigenvalue weighted by atomic mass is 16.6. The molecule has 4 aliphatic rings. The van der Waals surface area contributed by atoms with Crippen LogP contribution in [0.15, 0.2) is 12.1 Å². The Balaban J connectivity index is 1.76. The number of rotatable bonds is 3. The van der Waals surface area contributed by atoms with Crippen molar-refractivity contribution in [1.82, 2.24) is 4.90 Å². The number of ether oxygens (including phenoxy) is 4. The minimum Gasteiger partial charge on any atom is -0.477 e. The molecule has 0 N–H and O–H groups in total. The van der Waals surface area contributed by atoms with Crippen LogP contribution >= 0.6 is 0 Å². The molecule has 9 nitrogen and oxygen atoms in total. The van der Waals surface area contributed by atoms with Crippen molar-refractivity contribution < 1.29 is 38.1 Å². The summed E-state index contributed by atoms with van der Waals surface area (Å²) in [5, 5.41) is 0. The third-order valence-electron chi connectivity index (χ3n) is 7.28. The molecular formula is C23H25NO8. The van der Waals surface area contributed by atoms with Crippen LogP contribution < -0.4 is 9.47 Å². The van der Waals surface area contributed by atoms with Gasteiger partial charge in [-0.1, -0.05) is 6.07 Å². The Morgan fingerprint density at radius 1 is 1.19 bits per heavy atom. The lowest BCUT2D eigenvalue weighted by molar-refractivity contribution is -0.210. The third-order valence-corrected chi connectivity index (χ3v) is 7.28. The van der Waals surface area contributed by atoms with Crippen molar-refractivity contribution >= 4 is 23.8 Å². The molecule has 2 bridgehead atoms. The van der Waals surface area contributed by atoms with Gasteiger partial charge >= 0.3 is 18.0 Å². The van der Waals surface area contributed by atoms with Crippen LogP contribution in [0, 0.1) is 0 Å². The second kappa shape index (κ2) is 6.95. The predicted molar refractivity (Wildman–Crippen MR) is 108 cm³/mol. The van der Waals surface area contributed by atoms with Crippen molar-refractivity contribution in [3.05, 3.63) is 23.3 Å². The van der Waals surface area contributed by atoms with Gasteiger partial charge < -0.3 is 23.8 Å². The molecule has 1 spiro atoms. The fourth-order valence-electron chi connectivity index (χ4n) is 6.41. The molecule has 2 heterocycles. The second-order valence-electron chi connectivity index (χ2n) is 8.80. The fourth-order valence-corrected chi connectivity index (χ4v) is 6.41. The number of hydrogen-bond donors (Lipinski definition) is 0. The highest BCUT2D eigenvalue weighted by molar-refractivity contribution is 5.91. The van der Waals surface area contributed by atoms with Crippen molar-refractivity contribution in [2.45, 2.75) is 69.6 Å². The molecule has 2 fully saturated rings. The zero-order valence-electron chi connectivity index (χ0n) is 18.3. The summed E-state index contributed by atoms with van der Waals surface area (Å²) >= 11 is 0. The SMILES string of the molecule is CCOC(=O)N1CC[C@]23c4c5ccc(OC(C)=O)c4O[C@H]2C(=O)CCC3(OC(C)=O)[C@H]1C5. The summed E-state index contributed by atoms with van der Waals surface area (Å²) in [6.07, 6.45) is -0.155. The number of benzene rings is 1. The Labute approximate surface area is 184 Å². The number of hydrogen-bond acceptors (Lipinski definition) is 8. The van der Waals surface area contributed by atoms with E-state index in [1.807, 2.05) is 6.07 Å². The molecule has 5 rings (SSSR count). The summed E-state index contributed by atoms with van der Waals surface area (Å²) in [5.41, 5.74) is -0.457. The number of amides is 1. The molecule has 1 saturated heterocycles. The van der Waals surface area contributed by atoms with Crippen LogP contribution in [0.2, 0.25) is 0 Å². The van der Waals surface area contributed by atoms with Gasteiger partial charge in [0.05, 0.1) is 18.1 Å². The standard InChI is InChI=1S/C23H25NO8/c1-4-29-21(28)24-10-9-22-18-14-5-6-16(30-12(2)25)19(18)31-20(22)15(27)7-8-23(22,17(24)11-14)32-13(3)26/h5-6,17,20H,4,7-11H2,1-3H3/t17-,20+,22+,23?/m1/s1. The van der Waals surface area contributed by atoms with Crippen molar-refractivity contribution in [2.24, 2.45) is 0 Å². The van der Waals surface area contributed by atoms with Crippen LogP contribution in [0.4, 0.5) is 4.79 Å². The molecule has 9 heteroatoms. The number of nitrogens with zero attached hydrogens (tertiary/aromatic N) is 1. The van der Waals surface area contributed by atoms with Gasteiger partial charge in [0.25, 0.3) is 0 Å². The first-order valence-corrected chi connectivity index (χ1v) is 10.9. The van der Waals surface area contributed by atoms with Gasteiger partial charge in [-0.3, -0.25) is 14.4 Å².